The van der Waals surface area contributed by atoms with Gasteiger partial charge in [0.2, 0.25) is 0 Å². The second kappa shape index (κ2) is 23.9. The van der Waals surface area contributed by atoms with Gasteiger partial charge < -0.3 is 29.3 Å². The summed E-state index contributed by atoms with van der Waals surface area (Å²) in [6, 6.07) is 0. The molecule has 1 atom stereocenters. The summed E-state index contributed by atoms with van der Waals surface area (Å²) in [6.45, 7) is 7.87. The molecule has 32 heavy (non-hydrogen) atoms. The minimum absolute atomic E-state index is 0. The Bertz CT molecular complexity index is 457. The van der Waals surface area contributed by atoms with E-state index in [0.29, 0.717) is 0 Å². The molecule has 0 aliphatic heterocycles. The first kappa shape index (κ1) is 37.7. The summed E-state index contributed by atoms with van der Waals surface area (Å²) >= 11 is 0. The van der Waals surface area contributed by atoms with Crippen molar-refractivity contribution in [3.05, 3.63) is 0 Å². The summed E-state index contributed by atoms with van der Waals surface area (Å²) in [5.41, 5.74) is -0.320. The fourth-order valence-corrected chi connectivity index (χ4v) is 3.06. The largest absolute Gasteiger partial charge is 1.00 e. The third kappa shape index (κ3) is 41.4. The number of hydrogen-bond acceptors (Lipinski definition) is 5. The van der Waals surface area contributed by atoms with Crippen LogP contribution < -0.4 is 56.3 Å². The van der Waals surface area contributed by atoms with Gasteiger partial charge in [-0.05, 0) is 33.6 Å². The average molecular weight is 509 g/mol. The van der Waals surface area contributed by atoms with E-state index in [4.69, 9.17) is 33.8 Å². The van der Waals surface area contributed by atoms with Gasteiger partial charge in [-0.3, -0.25) is 4.57 Å². The number of carboxylic acids is 1. The van der Waals surface area contributed by atoms with Crippen molar-refractivity contribution in [3.8, 4) is 0 Å². The molecule has 0 saturated carbocycles. The number of carbonyl (C=O) groups is 1. The molecule has 0 heterocycles. The molecule has 1 unspecified atom stereocenters. The van der Waals surface area contributed by atoms with Gasteiger partial charge in [-0.1, -0.05) is 84.0 Å². The van der Waals surface area contributed by atoms with E-state index in [1.54, 1.807) is 0 Å². The fourth-order valence-electron chi connectivity index (χ4n) is 3.06. The van der Waals surface area contributed by atoms with Gasteiger partial charge in [0.05, 0.1) is 5.60 Å². The summed E-state index contributed by atoms with van der Waals surface area (Å²) in [5, 5.41) is 8.76. The van der Waals surface area contributed by atoms with Gasteiger partial charge in [0.15, 0.2) is 6.29 Å². The van der Waals surface area contributed by atoms with Crippen LogP contribution in [0.3, 0.4) is 0 Å². The molecule has 0 spiro atoms. The van der Waals surface area contributed by atoms with E-state index in [9.17, 15) is 4.79 Å². The van der Waals surface area contributed by atoms with Gasteiger partial charge in [-0.25, -0.2) is 4.79 Å². The third-order valence-electron chi connectivity index (χ3n) is 4.42. The molecule has 0 fully saturated rings. The number of phosphoric acid groups is 1. The topological polar surface area (TPSA) is 136 Å². The summed E-state index contributed by atoms with van der Waals surface area (Å²) in [6.07, 6.45) is 17.5. The zero-order valence-corrected chi connectivity index (χ0v) is 25.0. The Balaban J connectivity index is -0.00000125. The molecule has 0 aromatic heterocycles. The normalized spacial score (nSPS) is 12.5. The van der Waals surface area contributed by atoms with E-state index in [2.05, 4.69) is 6.92 Å². The minimum atomic E-state index is -4.89. The van der Waals surface area contributed by atoms with E-state index >= 15 is 0 Å². The van der Waals surface area contributed by atoms with Crippen LogP contribution in [-0.2, 0) is 18.8 Å². The molecule has 10 heteroatoms. The van der Waals surface area contributed by atoms with Gasteiger partial charge in [0.25, 0.3) is 7.82 Å². The third-order valence-corrected chi connectivity index (χ3v) is 4.42. The Kier molecular flexibility index (Phi) is 28.1. The molecule has 3 N–H and O–H groups in total. The van der Waals surface area contributed by atoms with E-state index < -0.39 is 20.1 Å². The molecular formula is C22H46KO8P. The number of hydrogen-bond donors (Lipinski definition) is 3. The van der Waals surface area contributed by atoms with Crippen molar-refractivity contribution in [2.75, 3.05) is 6.61 Å². The predicted octanol–water partition coefficient (Wildman–Crippen LogP) is 2.15. The van der Waals surface area contributed by atoms with Gasteiger partial charge in [-0.15, -0.1) is 0 Å². The van der Waals surface area contributed by atoms with Crippen molar-refractivity contribution in [1.82, 2.24) is 0 Å². The maximum absolute atomic E-state index is 10.7. The Hall–Kier alpha value is 1.14. The first-order valence-electron chi connectivity index (χ1n) is 11.6. The molecule has 0 bridgehead atoms. The molecule has 0 saturated heterocycles. The smallest absolute Gasteiger partial charge is 0.756 e. The zero-order chi connectivity index (χ0) is 24.2. The summed E-state index contributed by atoms with van der Waals surface area (Å²) in [7, 11) is -4.89. The van der Waals surface area contributed by atoms with Crippen molar-refractivity contribution >= 4 is 13.8 Å². The van der Waals surface area contributed by atoms with Crippen LogP contribution in [0, 0.1) is 0 Å². The molecule has 0 aliphatic rings. The van der Waals surface area contributed by atoms with Gasteiger partial charge in [-0.2, -0.15) is 0 Å². The minimum Gasteiger partial charge on any atom is -0.756 e. The molecule has 0 aromatic carbocycles. The summed E-state index contributed by atoms with van der Waals surface area (Å²) < 4.78 is 19.9. The van der Waals surface area contributed by atoms with Crippen LogP contribution in [0.1, 0.15) is 118 Å². The van der Waals surface area contributed by atoms with Gasteiger partial charge in [0.1, 0.15) is 6.61 Å². The van der Waals surface area contributed by atoms with Crippen LogP contribution in [0.5, 0.6) is 0 Å². The van der Waals surface area contributed by atoms with Crippen molar-refractivity contribution in [3.63, 3.8) is 0 Å². The maximum atomic E-state index is 10.7. The first-order chi connectivity index (χ1) is 14.3. The van der Waals surface area contributed by atoms with Crippen LogP contribution in [0.15, 0.2) is 0 Å². The quantitative estimate of drug-likeness (QED) is 0.111. The standard InChI is InChI=1S/C22H44O4.K.H3O4P/c1-5-6-7-8-9-10-11-12-13-14-15-16-17-18-21(25-19-20(23)24)26-22(2,3)4;;1-5(2,3)4/h21H,5-19H2,1-4H3,(H,23,24);;(H3,1,2,3,4)/q;+1;/p-1. The van der Waals surface area contributed by atoms with E-state index in [0.717, 1.165) is 19.3 Å². The van der Waals surface area contributed by atoms with Crippen molar-refractivity contribution in [2.45, 2.75) is 129 Å². The average Bonchev–Trinajstić information content (AvgIpc) is 2.60. The SMILES string of the molecule is CCCCCCCCCCCCCCCC(OCC(=O)O)OC(C)(C)C.O=P([O-])(O)O.[K+]. The second-order valence-corrected chi connectivity index (χ2v) is 9.87. The number of aliphatic carboxylic acids is 1. The molecule has 0 radical (unpaired) electrons. The van der Waals surface area contributed by atoms with Crippen LogP contribution in [0.4, 0.5) is 0 Å². The Morgan fingerprint density at radius 1 is 0.875 bits per heavy atom. The molecule has 0 rings (SSSR count). The van der Waals surface area contributed by atoms with E-state index in [-0.39, 0.29) is 63.6 Å². The van der Waals surface area contributed by atoms with Gasteiger partial charge in [0, 0.05) is 0 Å². The van der Waals surface area contributed by atoms with E-state index in [1.165, 1.54) is 70.6 Å². The van der Waals surface area contributed by atoms with Crippen LogP contribution in [0.2, 0.25) is 0 Å². The molecular weight excluding hydrogens is 462 g/mol. The van der Waals surface area contributed by atoms with Crippen molar-refractivity contribution < 1.29 is 90.0 Å². The van der Waals surface area contributed by atoms with Crippen LogP contribution in [-0.4, -0.2) is 39.4 Å². The molecule has 0 amide bonds. The molecule has 188 valence electrons. The van der Waals surface area contributed by atoms with Crippen LogP contribution >= 0.6 is 7.82 Å². The first-order valence-corrected chi connectivity index (χ1v) is 13.2. The Morgan fingerprint density at radius 2 is 1.22 bits per heavy atom. The number of rotatable bonds is 18. The fraction of sp³-hybridized carbons (Fsp3) is 0.955. The number of ether oxygens (including phenoxy) is 2. The summed E-state index contributed by atoms with van der Waals surface area (Å²) in [4.78, 5) is 33.6. The van der Waals surface area contributed by atoms with Crippen molar-refractivity contribution in [1.29, 1.82) is 0 Å². The van der Waals surface area contributed by atoms with Crippen LogP contribution in [0.25, 0.3) is 0 Å². The summed E-state index contributed by atoms with van der Waals surface area (Å²) in [5.74, 6) is -0.946. The number of carboxylic acid groups (broad SMARTS) is 1. The van der Waals surface area contributed by atoms with E-state index in [1.807, 2.05) is 20.8 Å². The molecule has 0 aliphatic carbocycles. The molecule has 8 nitrogen and oxygen atoms in total. The zero-order valence-electron chi connectivity index (χ0n) is 21.0. The Labute approximate surface area is 237 Å². The second-order valence-electron chi connectivity index (χ2n) is 8.89. The predicted molar refractivity (Wildman–Crippen MR) is 121 cm³/mol. The molecule has 0 aromatic rings. The Morgan fingerprint density at radius 3 is 1.53 bits per heavy atom. The monoisotopic (exact) mass is 508 g/mol. The van der Waals surface area contributed by atoms with Crippen molar-refractivity contribution in [2.24, 2.45) is 0 Å². The maximum Gasteiger partial charge on any atom is 1.00 e. The number of unbranched alkanes of at least 4 members (excludes halogenated alkanes) is 12. The van der Waals surface area contributed by atoms with Gasteiger partial charge >= 0.3 is 57.4 Å².